The van der Waals surface area contributed by atoms with Crippen LogP contribution in [0.3, 0.4) is 0 Å². The molecule has 1 aliphatic carbocycles. The Morgan fingerprint density at radius 2 is 2.00 bits per heavy atom. The average molecular weight is 310 g/mol. The molecule has 1 unspecified atom stereocenters. The van der Waals surface area contributed by atoms with E-state index in [2.05, 4.69) is 17.4 Å². The molecule has 0 radical (unpaired) electrons. The van der Waals surface area contributed by atoms with Gasteiger partial charge >= 0.3 is 0 Å². The van der Waals surface area contributed by atoms with Crippen LogP contribution >= 0.6 is 11.6 Å². The van der Waals surface area contributed by atoms with Crippen molar-refractivity contribution in [3.63, 3.8) is 0 Å². The van der Waals surface area contributed by atoms with Crippen LogP contribution in [0.4, 0.5) is 0 Å². The zero-order valence-corrected chi connectivity index (χ0v) is 13.9. The Morgan fingerprint density at radius 1 is 1.24 bits per heavy atom. The summed E-state index contributed by atoms with van der Waals surface area (Å²) in [5.74, 6) is 1.52. The predicted molar refractivity (Wildman–Crippen MR) is 90.0 cm³/mol. The van der Waals surface area contributed by atoms with Gasteiger partial charge in [-0.05, 0) is 36.4 Å². The van der Waals surface area contributed by atoms with E-state index in [1.165, 1.54) is 37.7 Å². The Hall–Kier alpha value is -0.570. The van der Waals surface area contributed by atoms with Crippen LogP contribution in [0.25, 0.3) is 0 Å². The number of rotatable bonds is 8. The van der Waals surface area contributed by atoms with Gasteiger partial charge in [0.1, 0.15) is 0 Å². The third-order valence-electron chi connectivity index (χ3n) is 4.65. The number of hydrogen-bond donors (Lipinski definition) is 1. The lowest BCUT2D eigenvalue weighted by atomic mass is 9.77. The van der Waals surface area contributed by atoms with E-state index >= 15 is 0 Å². The fourth-order valence-electron chi connectivity index (χ4n) is 3.42. The van der Waals surface area contributed by atoms with E-state index in [-0.39, 0.29) is 0 Å². The van der Waals surface area contributed by atoms with Crippen LogP contribution in [-0.2, 0) is 11.2 Å². The summed E-state index contributed by atoms with van der Waals surface area (Å²) in [5.41, 5.74) is 1.29. The van der Waals surface area contributed by atoms with Gasteiger partial charge in [-0.2, -0.15) is 0 Å². The van der Waals surface area contributed by atoms with Gasteiger partial charge < -0.3 is 10.1 Å². The summed E-state index contributed by atoms with van der Waals surface area (Å²) in [6.07, 6.45) is 8.03. The molecular weight excluding hydrogens is 282 g/mol. The van der Waals surface area contributed by atoms with Gasteiger partial charge in [-0.15, -0.1) is 0 Å². The van der Waals surface area contributed by atoms with Crippen molar-refractivity contribution in [2.75, 3.05) is 26.8 Å². The Bertz CT molecular complexity index is 404. The quantitative estimate of drug-likeness (QED) is 0.722. The topological polar surface area (TPSA) is 21.3 Å². The lowest BCUT2D eigenvalue weighted by Gasteiger charge is -2.31. The molecule has 0 heterocycles. The van der Waals surface area contributed by atoms with Crippen molar-refractivity contribution in [2.24, 2.45) is 11.8 Å². The van der Waals surface area contributed by atoms with Gasteiger partial charge in [-0.3, -0.25) is 0 Å². The SMILES string of the molecule is COCCNCC(Cc1ccccc1Cl)C1CCCCC1. The molecule has 1 atom stereocenters. The summed E-state index contributed by atoms with van der Waals surface area (Å²) in [4.78, 5) is 0. The van der Waals surface area contributed by atoms with Crippen molar-refractivity contribution in [1.82, 2.24) is 5.32 Å². The number of halogens is 1. The van der Waals surface area contributed by atoms with Gasteiger partial charge in [-0.25, -0.2) is 0 Å². The molecule has 1 saturated carbocycles. The van der Waals surface area contributed by atoms with Crippen molar-refractivity contribution >= 4 is 11.6 Å². The highest BCUT2D eigenvalue weighted by Crippen LogP contribution is 2.32. The molecule has 1 N–H and O–H groups in total. The molecule has 1 aromatic rings. The Labute approximate surface area is 134 Å². The fraction of sp³-hybridized carbons (Fsp3) is 0.667. The summed E-state index contributed by atoms with van der Waals surface area (Å²) in [5, 5.41) is 4.47. The van der Waals surface area contributed by atoms with Gasteiger partial charge in [0.25, 0.3) is 0 Å². The predicted octanol–water partition coefficient (Wildman–Crippen LogP) is 4.32. The molecule has 0 saturated heterocycles. The van der Waals surface area contributed by atoms with Crippen LogP contribution in [0.5, 0.6) is 0 Å². The average Bonchev–Trinajstić information content (AvgIpc) is 2.53. The molecule has 21 heavy (non-hydrogen) atoms. The van der Waals surface area contributed by atoms with E-state index in [1.54, 1.807) is 7.11 Å². The lowest BCUT2D eigenvalue weighted by Crippen LogP contribution is -2.32. The van der Waals surface area contributed by atoms with Crippen LogP contribution < -0.4 is 5.32 Å². The van der Waals surface area contributed by atoms with E-state index in [1.807, 2.05) is 12.1 Å². The first-order chi connectivity index (χ1) is 10.3. The van der Waals surface area contributed by atoms with Crippen LogP contribution in [-0.4, -0.2) is 26.8 Å². The molecule has 2 rings (SSSR count). The second-order valence-corrected chi connectivity index (χ2v) is 6.56. The summed E-state index contributed by atoms with van der Waals surface area (Å²) in [6.45, 7) is 2.78. The highest BCUT2D eigenvalue weighted by atomic mass is 35.5. The Morgan fingerprint density at radius 3 is 2.71 bits per heavy atom. The van der Waals surface area contributed by atoms with Crippen molar-refractivity contribution in [1.29, 1.82) is 0 Å². The third-order valence-corrected chi connectivity index (χ3v) is 5.01. The minimum atomic E-state index is 0.682. The summed E-state index contributed by atoms with van der Waals surface area (Å²) in [7, 11) is 1.75. The second-order valence-electron chi connectivity index (χ2n) is 6.15. The van der Waals surface area contributed by atoms with E-state index in [4.69, 9.17) is 16.3 Å². The van der Waals surface area contributed by atoms with E-state index in [0.29, 0.717) is 5.92 Å². The fourth-order valence-corrected chi connectivity index (χ4v) is 3.63. The molecule has 0 bridgehead atoms. The molecule has 0 amide bonds. The molecule has 1 fully saturated rings. The first kappa shape index (κ1) is 16.8. The van der Waals surface area contributed by atoms with Gasteiger partial charge in [0, 0.05) is 18.7 Å². The van der Waals surface area contributed by atoms with Crippen molar-refractivity contribution in [3.8, 4) is 0 Å². The van der Waals surface area contributed by atoms with Gasteiger partial charge in [0.05, 0.1) is 6.61 Å². The largest absolute Gasteiger partial charge is 0.383 e. The Kier molecular flexibility index (Phi) is 7.56. The number of hydrogen-bond acceptors (Lipinski definition) is 2. The monoisotopic (exact) mass is 309 g/mol. The minimum absolute atomic E-state index is 0.682. The maximum Gasteiger partial charge on any atom is 0.0587 e. The van der Waals surface area contributed by atoms with Gasteiger partial charge in [0.15, 0.2) is 0 Å². The maximum atomic E-state index is 6.35. The number of benzene rings is 1. The number of methoxy groups -OCH3 is 1. The maximum absolute atomic E-state index is 6.35. The van der Waals surface area contributed by atoms with Crippen molar-refractivity contribution < 1.29 is 4.74 Å². The molecule has 2 nitrogen and oxygen atoms in total. The highest BCUT2D eigenvalue weighted by molar-refractivity contribution is 6.31. The summed E-state index contributed by atoms with van der Waals surface area (Å²) in [6, 6.07) is 8.29. The first-order valence-corrected chi connectivity index (χ1v) is 8.62. The molecule has 1 aromatic carbocycles. The third kappa shape index (κ3) is 5.61. The second kappa shape index (κ2) is 9.45. The zero-order valence-electron chi connectivity index (χ0n) is 13.1. The van der Waals surface area contributed by atoms with Crippen molar-refractivity contribution in [2.45, 2.75) is 38.5 Å². The van der Waals surface area contributed by atoms with E-state index in [0.717, 1.165) is 37.1 Å². The van der Waals surface area contributed by atoms with Crippen LogP contribution in [0.1, 0.15) is 37.7 Å². The van der Waals surface area contributed by atoms with Crippen molar-refractivity contribution in [3.05, 3.63) is 34.9 Å². The van der Waals surface area contributed by atoms with Crippen LogP contribution in [0.15, 0.2) is 24.3 Å². The molecule has 0 aliphatic heterocycles. The number of nitrogens with one attached hydrogen (secondary N) is 1. The first-order valence-electron chi connectivity index (χ1n) is 8.24. The summed E-state index contributed by atoms with van der Waals surface area (Å²) >= 11 is 6.35. The standard InChI is InChI=1S/C18H28ClNO/c1-21-12-11-20-14-17(15-7-3-2-4-8-15)13-16-9-5-6-10-18(16)19/h5-6,9-10,15,17,20H,2-4,7-8,11-14H2,1H3. The normalized spacial score (nSPS) is 17.8. The van der Waals surface area contributed by atoms with Gasteiger partial charge in [0.2, 0.25) is 0 Å². The molecular formula is C18H28ClNO. The highest BCUT2D eigenvalue weighted by Gasteiger charge is 2.24. The molecule has 1 aliphatic rings. The van der Waals surface area contributed by atoms with Gasteiger partial charge in [-0.1, -0.05) is 61.9 Å². The smallest absolute Gasteiger partial charge is 0.0587 e. The van der Waals surface area contributed by atoms with Crippen LogP contribution in [0, 0.1) is 11.8 Å². The molecule has 118 valence electrons. The number of ether oxygens (including phenoxy) is 1. The van der Waals surface area contributed by atoms with E-state index in [9.17, 15) is 0 Å². The summed E-state index contributed by atoms with van der Waals surface area (Å²) < 4.78 is 5.12. The lowest BCUT2D eigenvalue weighted by molar-refractivity contribution is 0.190. The Balaban J connectivity index is 1.95. The zero-order chi connectivity index (χ0) is 14.9. The van der Waals surface area contributed by atoms with E-state index < -0.39 is 0 Å². The molecule has 0 aromatic heterocycles. The van der Waals surface area contributed by atoms with Crippen LogP contribution in [0.2, 0.25) is 5.02 Å². The minimum Gasteiger partial charge on any atom is -0.383 e. The molecule has 0 spiro atoms. The molecule has 3 heteroatoms.